The Morgan fingerprint density at radius 3 is 2.04 bits per heavy atom. The maximum Gasteiger partial charge on any atom is 0.349 e. The number of nitrogens with one attached hydrogen (secondary N) is 1. The topological polar surface area (TPSA) is 119 Å². The van der Waals surface area contributed by atoms with E-state index in [1.165, 1.54) is 0 Å². The number of anilines is 1. The monoisotopic (exact) mass is 359 g/mol. The Bertz CT molecular complexity index is 861. The van der Waals surface area contributed by atoms with Crippen LogP contribution in [0.5, 0.6) is 0 Å². The van der Waals surface area contributed by atoms with Gasteiger partial charge in [-0.05, 0) is 22.9 Å². The third-order valence-corrected chi connectivity index (χ3v) is 3.38. The lowest BCUT2D eigenvalue weighted by Gasteiger charge is -2.22. The number of hydrogen-bond acceptors (Lipinski definition) is 6. The van der Waals surface area contributed by atoms with Gasteiger partial charge < -0.3 is 19.9 Å². The summed E-state index contributed by atoms with van der Waals surface area (Å²) in [5.41, 5.74) is 0.373. The highest BCUT2D eigenvalue weighted by molar-refractivity contribution is 6.00. The van der Waals surface area contributed by atoms with Crippen molar-refractivity contribution >= 4 is 40.3 Å². The van der Waals surface area contributed by atoms with Crippen LogP contribution in [0.15, 0.2) is 42.5 Å². The van der Waals surface area contributed by atoms with Crippen molar-refractivity contribution in [3.05, 3.63) is 42.5 Å². The van der Waals surface area contributed by atoms with Gasteiger partial charge >= 0.3 is 17.9 Å². The Labute approximate surface area is 148 Å². The number of carbonyl (C=O) groups excluding carboxylic acids is 3. The van der Waals surface area contributed by atoms with Crippen molar-refractivity contribution in [2.45, 2.75) is 26.1 Å². The number of benzene rings is 2. The van der Waals surface area contributed by atoms with E-state index in [2.05, 4.69) is 10.1 Å². The number of carbonyl (C=O) groups is 4. The second kappa shape index (κ2) is 8.11. The van der Waals surface area contributed by atoms with Gasteiger partial charge in [0.25, 0.3) is 5.91 Å². The van der Waals surface area contributed by atoms with Gasteiger partial charge in [0.2, 0.25) is 12.2 Å². The van der Waals surface area contributed by atoms with Gasteiger partial charge in [-0.3, -0.25) is 14.4 Å². The zero-order valence-corrected chi connectivity index (χ0v) is 14.1. The van der Waals surface area contributed by atoms with Gasteiger partial charge in [0.1, 0.15) is 0 Å². The van der Waals surface area contributed by atoms with Crippen LogP contribution in [0.25, 0.3) is 10.8 Å². The standard InChI is InChI=1S/C18H17NO7/c1-10(20)25-15(16(18(23)24)26-11(2)21)17(22)19-14-8-7-12-5-3-4-6-13(12)9-14/h3-9,15-16H,1-2H3,(H,19,22)(H,23,24)/t15-,16-/m0/s1. The molecule has 0 saturated carbocycles. The molecule has 0 heterocycles. The molecule has 2 aromatic rings. The summed E-state index contributed by atoms with van der Waals surface area (Å²) in [5.74, 6) is -4.35. The second-order valence-electron chi connectivity index (χ2n) is 5.45. The molecule has 0 fully saturated rings. The highest BCUT2D eigenvalue weighted by atomic mass is 16.6. The molecule has 0 aliphatic rings. The zero-order valence-electron chi connectivity index (χ0n) is 14.1. The lowest BCUT2D eigenvalue weighted by Crippen LogP contribution is -2.47. The average molecular weight is 359 g/mol. The molecule has 0 spiro atoms. The first kappa shape index (κ1) is 18.9. The Morgan fingerprint density at radius 2 is 1.46 bits per heavy atom. The predicted molar refractivity (Wildman–Crippen MR) is 91.3 cm³/mol. The number of aliphatic carboxylic acids is 1. The summed E-state index contributed by atoms with van der Waals surface area (Å²) in [5, 5.41) is 13.5. The maximum atomic E-state index is 12.5. The normalized spacial score (nSPS) is 12.7. The molecule has 2 N–H and O–H groups in total. The van der Waals surface area contributed by atoms with E-state index in [0.717, 1.165) is 24.6 Å². The fraction of sp³-hybridized carbons (Fsp3) is 0.222. The van der Waals surface area contributed by atoms with Crippen LogP contribution in [0.2, 0.25) is 0 Å². The number of amides is 1. The van der Waals surface area contributed by atoms with Crippen LogP contribution in [-0.2, 0) is 28.7 Å². The summed E-state index contributed by atoms with van der Waals surface area (Å²) in [4.78, 5) is 46.2. The maximum absolute atomic E-state index is 12.5. The number of carboxylic acids is 1. The average Bonchev–Trinajstić information content (AvgIpc) is 2.57. The van der Waals surface area contributed by atoms with E-state index in [1.54, 1.807) is 18.2 Å². The van der Waals surface area contributed by atoms with Crippen LogP contribution in [0.4, 0.5) is 5.69 Å². The zero-order chi connectivity index (χ0) is 19.3. The minimum absolute atomic E-state index is 0.373. The van der Waals surface area contributed by atoms with Crippen molar-refractivity contribution in [2.24, 2.45) is 0 Å². The molecule has 0 bridgehead atoms. The molecule has 2 aromatic carbocycles. The Hall–Kier alpha value is -3.42. The van der Waals surface area contributed by atoms with Crippen molar-refractivity contribution in [2.75, 3.05) is 5.32 Å². The van der Waals surface area contributed by atoms with E-state index in [-0.39, 0.29) is 0 Å². The Morgan fingerprint density at radius 1 is 0.885 bits per heavy atom. The van der Waals surface area contributed by atoms with Gasteiger partial charge in [-0.1, -0.05) is 30.3 Å². The van der Waals surface area contributed by atoms with Crippen LogP contribution in [0.3, 0.4) is 0 Å². The predicted octanol–water partition coefficient (Wildman–Crippen LogP) is 1.73. The fourth-order valence-electron chi connectivity index (χ4n) is 2.33. The molecule has 8 heteroatoms. The molecule has 26 heavy (non-hydrogen) atoms. The summed E-state index contributed by atoms with van der Waals surface area (Å²) in [6.45, 7) is 2.00. The van der Waals surface area contributed by atoms with E-state index in [4.69, 9.17) is 4.74 Å². The van der Waals surface area contributed by atoms with Gasteiger partial charge in [-0.15, -0.1) is 0 Å². The van der Waals surface area contributed by atoms with Crippen molar-refractivity contribution < 1.29 is 33.8 Å². The van der Waals surface area contributed by atoms with E-state index >= 15 is 0 Å². The summed E-state index contributed by atoms with van der Waals surface area (Å²) in [7, 11) is 0. The van der Waals surface area contributed by atoms with Crippen molar-refractivity contribution in [3.8, 4) is 0 Å². The van der Waals surface area contributed by atoms with Gasteiger partial charge in [-0.25, -0.2) is 4.79 Å². The Balaban J connectivity index is 2.27. The van der Waals surface area contributed by atoms with Crippen molar-refractivity contribution in [1.29, 1.82) is 0 Å². The molecule has 0 saturated heterocycles. The second-order valence-corrected chi connectivity index (χ2v) is 5.45. The largest absolute Gasteiger partial charge is 0.478 e. The number of ether oxygens (including phenoxy) is 2. The molecular formula is C18H17NO7. The highest BCUT2D eigenvalue weighted by Crippen LogP contribution is 2.20. The van der Waals surface area contributed by atoms with E-state index in [1.807, 2.05) is 24.3 Å². The third-order valence-electron chi connectivity index (χ3n) is 3.38. The first-order chi connectivity index (χ1) is 12.3. The first-order valence-corrected chi connectivity index (χ1v) is 7.65. The van der Waals surface area contributed by atoms with E-state index < -0.39 is 36.0 Å². The van der Waals surface area contributed by atoms with Gasteiger partial charge in [-0.2, -0.15) is 0 Å². The number of esters is 2. The summed E-state index contributed by atoms with van der Waals surface area (Å²) in [6.07, 6.45) is -3.79. The molecule has 0 unspecified atom stereocenters. The summed E-state index contributed by atoms with van der Waals surface area (Å²) < 4.78 is 9.41. The van der Waals surface area contributed by atoms with Crippen molar-refractivity contribution in [3.63, 3.8) is 0 Å². The van der Waals surface area contributed by atoms with Crippen LogP contribution < -0.4 is 5.32 Å². The number of hydrogen-bond donors (Lipinski definition) is 2. The van der Waals surface area contributed by atoms with Crippen LogP contribution in [-0.4, -0.2) is 41.1 Å². The van der Waals surface area contributed by atoms with E-state index in [0.29, 0.717) is 5.69 Å². The first-order valence-electron chi connectivity index (χ1n) is 7.65. The molecule has 2 atom stereocenters. The minimum Gasteiger partial charge on any atom is -0.478 e. The molecule has 0 aromatic heterocycles. The van der Waals surface area contributed by atoms with Crippen LogP contribution >= 0.6 is 0 Å². The minimum atomic E-state index is -1.96. The molecule has 136 valence electrons. The molecule has 1 amide bonds. The SMILES string of the molecule is CC(=O)O[C@H](C(=O)O)[C@H](OC(C)=O)C(=O)Nc1ccc2ccccc2c1. The van der Waals surface area contributed by atoms with Crippen molar-refractivity contribution in [1.82, 2.24) is 0 Å². The van der Waals surface area contributed by atoms with Gasteiger partial charge in [0, 0.05) is 19.5 Å². The smallest absolute Gasteiger partial charge is 0.349 e. The van der Waals surface area contributed by atoms with E-state index in [9.17, 15) is 24.3 Å². The number of fused-ring (bicyclic) bond motifs is 1. The molecule has 2 rings (SSSR count). The molecule has 0 aliphatic heterocycles. The quantitative estimate of drug-likeness (QED) is 0.754. The van der Waals surface area contributed by atoms with Crippen LogP contribution in [0, 0.1) is 0 Å². The van der Waals surface area contributed by atoms with Crippen LogP contribution in [0.1, 0.15) is 13.8 Å². The fourth-order valence-corrected chi connectivity index (χ4v) is 2.33. The lowest BCUT2D eigenvalue weighted by atomic mass is 10.1. The molecule has 8 nitrogen and oxygen atoms in total. The van der Waals surface area contributed by atoms with Gasteiger partial charge in [0.05, 0.1) is 0 Å². The summed E-state index contributed by atoms with van der Waals surface area (Å²) in [6, 6.07) is 12.5. The third kappa shape index (κ3) is 4.79. The Kier molecular flexibility index (Phi) is 5.90. The number of carboxylic acid groups (broad SMARTS) is 1. The molecule has 0 aliphatic carbocycles. The molecular weight excluding hydrogens is 342 g/mol. The number of rotatable bonds is 6. The van der Waals surface area contributed by atoms with Gasteiger partial charge in [0.15, 0.2) is 0 Å². The molecule has 0 radical (unpaired) electrons. The summed E-state index contributed by atoms with van der Waals surface area (Å²) >= 11 is 0. The highest BCUT2D eigenvalue weighted by Gasteiger charge is 2.39. The lowest BCUT2D eigenvalue weighted by molar-refractivity contribution is -0.179.